The molecule has 1 atom stereocenters. The van der Waals surface area contributed by atoms with Crippen molar-refractivity contribution in [1.29, 1.82) is 0 Å². The Morgan fingerprint density at radius 1 is 1.48 bits per heavy atom. The summed E-state index contributed by atoms with van der Waals surface area (Å²) in [5, 5.41) is 9.69. The molecule has 1 fully saturated rings. The van der Waals surface area contributed by atoms with Crippen molar-refractivity contribution >= 4 is 6.03 Å². The molecular weight excluding hydrogens is 318 g/mol. The van der Waals surface area contributed by atoms with Crippen molar-refractivity contribution in [3.8, 4) is 11.4 Å². The molecule has 7 nitrogen and oxygen atoms in total. The average molecular weight is 343 g/mol. The lowest BCUT2D eigenvalue weighted by molar-refractivity contribution is 0.0436. The van der Waals surface area contributed by atoms with E-state index in [9.17, 15) is 4.79 Å². The molecule has 2 heterocycles. The predicted molar refractivity (Wildman–Crippen MR) is 94.8 cm³/mol. The van der Waals surface area contributed by atoms with Crippen molar-refractivity contribution in [1.82, 2.24) is 25.4 Å². The maximum atomic E-state index is 12.3. The number of aromatic nitrogens is 3. The number of rotatable bonds is 6. The maximum Gasteiger partial charge on any atom is 0.317 e. The van der Waals surface area contributed by atoms with E-state index in [1.807, 2.05) is 29.2 Å². The predicted octanol–water partition coefficient (Wildman–Crippen LogP) is 2.43. The van der Waals surface area contributed by atoms with E-state index in [0.717, 1.165) is 36.5 Å². The minimum Gasteiger partial charge on any atom is -0.376 e. The van der Waals surface area contributed by atoms with Crippen LogP contribution in [0.1, 0.15) is 25.8 Å². The van der Waals surface area contributed by atoms with Gasteiger partial charge in [-0.15, -0.1) is 0 Å². The fourth-order valence-electron chi connectivity index (χ4n) is 2.84. The summed E-state index contributed by atoms with van der Waals surface area (Å²) in [4.78, 5) is 18.3. The van der Waals surface area contributed by atoms with Crippen molar-refractivity contribution in [3.05, 3.63) is 36.2 Å². The second-order valence-electron chi connectivity index (χ2n) is 6.78. The van der Waals surface area contributed by atoms with Crippen LogP contribution in [0, 0.1) is 5.92 Å². The monoisotopic (exact) mass is 343 g/mol. The Labute approximate surface area is 147 Å². The minimum absolute atomic E-state index is 0.0410. The van der Waals surface area contributed by atoms with Gasteiger partial charge in [0.1, 0.15) is 6.33 Å². The molecule has 134 valence electrons. The summed E-state index contributed by atoms with van der Waals surface area (Å²) in [6.45, 7) is 6.89. The van der Waals surface area contributed by atoms with E-state index in [1.54, 1.807) is 0 Å². The lowest BCUT2D eigenvalue weighted by Gasteiger charge is -2.18. The molecule has 25 heavy (non-hydrogen) atoms. The van der Waals surface area contributed by atoms with Crippen LogP contribution in [0.25, 0.3) is 11.4 Å². The van der Waals surface area contributed by atoms with Gasteiger partial charge in [-0.3, -0.25) is 5.10 Å². The molecule has 2 amide bonds. The van der Waals surface area contributed by atoms with E-state index in [-0.39, 0.29) is 12.1 Å². The number of carbonyl (C=O) groups is 1. The van der Waals surface area contributed by atoms with Crippen LogP contribution in [0.15, 0.2) is 30.6 Å². The van der Waals surface area contributed by atoms with E-state index in [4.69, 9.17) is 4.74 Å². The van der Waals surface area contributed by atoms with E-state index >= 15 is 0 Å². The molecule has 1 aliphatic rings. The van der Waals surface area contributed by atoms with Crippen molar-refractivity contribution < 1.29 is 9.53 Å². The summed E-state index contributed by atoms with van der Waals surface area (Å²) >= 11 is 0. The van der Waals surface area contributed by atoms with Gasteiger partial charge in [-0.1, -0.05) is 32.0 Å². The molecule has 2 N–H and O–H groups in total. The normalized spacial score (nSPS) is 17.2. The smallest absolute Gasteiger partial charge is 0.317 e. The zero-order valence-electron chi connectivity index (χ0n) is 14.7. The number of aromatic amines is 1. The van der Waals surface area contributed by atoms with Gasteiger partial charge in [0, 0.05) is 31.8 Å². The van der Waals surface area contributed by atoms with Crippen LogP contribution in [0.5, 0.6) is 0 Å². The van der Waals surface area contributed by atoms with Crippen LogP contribution in [0.3, 0.4) is 0 Å². The molecule has 7 heteroatoms. The number of H-pyrrole nitrogens is 1. The molecule has 0 saturated carbocycles. The Morgan fingerprint density at radius 3 is 3.12 bits per heavy atom. The maximum absolute atomic E-state index is 12.3. The van der Waals surface area contributed by atoms with Crippen LogP contribution in [0.4, 0.5) is 4.79 Å². The molecule has 0 radical (unpaired) electrons. The highest BCUT2D eigenvalue weighted by Gasteiger charge is 2.26. The molecule has 0 bridgehead atoms. The highest BCUT2D eigenvalue weighted by molar-refractivity contribution is 5.74. The fraction of sp³-hybridized carbons (Fsp3) is 0.500. The minimum atomic E-state index is -0.0410. The van der Waals surface area contributed by atoms with E-state index < -0.39 is 0 Å². The first-order valence-corrected chi connectivity index (χ1v) is 8.71. The summed E-state index contributed by atoms with van der Waals surface area (Å²) in [6, 6.07) is 7.85. The summed E-state index contributed by atoms with van der Waals surface area (Å²) < 4.78 is 5.83. The lowest BCUT2D eigenvalue weighted by atomic mass is 10.1. The van der Waals surface area contributed by atoms with Crippen molar-refractivity contribution in [3.63, 3.8) is 0 Å². The van der Waals surface area contributed by atoms with E-state index in [1.165, 1.54) is 6.33 Å². The second-order valence-corrected chi connectivity index (χ2v) is 6.78. The van der Waals surface area contributed by atoms with Crippen molar-refractivity contribution in [2.75, 3.05) is 19.7 Å². The topological polar surface area (TPSA) is 83.1 Å². The summed E-state index contributed by atoms with van der Waals surface area (Å²) in [5.41, 5.74) is 1.97. The highest BCUT2D eigenvalue weighted by Crippen LogP contribution is 2.16. The first-order valence-electron chi connectivity index (χ1n) is 8.71. The first-order chi connectivity index (χ1) is 12.1. The molecule has 1 aromatic carbocycles. The number of amides is 2. The van der Waals surface area contributed by atoms with Crippen LogP contribution < -0.4 is 5.32 Å². The van der Waals surface area contributed by atoms with Crippen LogP contribution in [-0.4, -0.2) is 51.9 Å². The Bertz CT molecular complexity index is 687. The van der Waals surface area contributed by atoms with Crippen LogP contribution in [0.2, 0.25) is 0 Å². The third kappa shape index (κ3) is 4.79. The standard InChI is InChI=1S/C18H25N5O2/c1-13(2)11-25-16-6-7-23(10-16)18(24)19-9-14-4-3-5-15(8-14)17-20-12-21-22-17/h3-5,8,12-13,16H,6-7,9-11H2,1-2H3,(H,19,24)(H,20,21,22)/t16-/m1/s1. The number of benzene rings is 1. The van der Waals surface area contributed by atoms with Gasteiger partial charge in [0.25, 0.3) is 0 Å². The van der Waals surface area contributed by atoms with Crippen LogP contribution in [-0.2, 0) is 11.3 Å². The van der Waals surface area contributed by atoms with Gasteiger partial charge in [0.15, 0.2) is 5.82 Å². The molecule has 0 aliphatic carbocycles. The molecule has 1 aromatic heterocycles. The number of urea groups is 1. The fourth-order valence-corrected chi connectivity index (χ4v) is 2.84. The molecule has 2 aromatic rings. The molecule has 1 aliphatic heterocycles. The number of carbonyl (C=O) groups excluding carboxylic acids is 1. The Balaban J connectivity index is 1.49. The highest BCUT2D eigenvalue weighted by atomic mass is 16.5. The number of ether oxygens (including phenoxy) is 1. The van der Waals surface area contributed by atoms with Gasteiger partial charge in [-0.05, 0) is 24.0 Å². The number of hydrogen-bond acceptors (Lipinski definition) is 4. The van der Waals surface area contributed by atoms with Crippen molar-refractivity contribution in [2.45, 2.75) is 32.9 Å². The molecular formula is C18H25N5O2. The summed E-state index contributed by atoms with van der Waals surface area (Å²) in [5.74, 6) is 1.23. The van der Waals surface area contributed by atoms with E-state index in [0.29, 0.717) is 19.0 Å². The van der Waals surface area contributed by atoms with Gasteiger partial charge in [0.2, 0.25) is 0 Å². The number of likely N-dealkylation sites (tertiary alicyclic amines) is 1. The molecule has 0 spiro atoms. The third-order valence-corrected chi connectivity index (χ3v) is 4.16. The molecule has 3 rings (SSSR count). The average Bonchev–Trinajstić information content (AvgIpc) is 3.29. The first kappa shape index (κ1) is 17.4. The number of nitrogens with zero attached hydrogens (tertiary/aromatic N) is 3. The molecule has 0 unspecified atom stereocenters. The van der Waals surface area contributed by atoms with Gasteiger partial charge < -0.3 is 15.0 Å². The Kier molecular flexibility index (Phi) is 5.65. The summed E-state index contributed by atoms with van der Waals surface area (Å²) in [6.07, 6.45) is 2.54. The summed E-state index contributed by atoms with van der Waals surface area (Å²) in [7, 11) is 0. The van der Waals surface area contributed by atoms with Crippen molar-refractivity contribution in [2.24, 2.45) is 5.92 Å². The Morgan fingerprint density at radius 2 is 2.36 bits per heavy atom. The molecule has 1 saturated heterocycles. The van der Waals surface area contributed by atoms with E-state index in [2.05, 4.69) is 34.3 Å². The van der Waals surface area contributed by atoms with Gasteiger partial charge in [-0.25, -0.2) is 9.78 Å². The van der Waals surface area contributed by atoms with Gasteiger partial charge >= 0.3 is 6.03 Å². The van der Waals surface area contributed by atoms with Gasteiger partial charge in [0.05, 0.1) is 6.10 Å². The lowest BCUT2D eigenvalue weighted by Crippen LogP contribution is -2.38. The quantitative estimate of drug-likeness (QED) is 0.844. The van der Waals surface area contributed by atoms with Crippen LogP contribution >= 0.6 is 0 Å². The number of nitrogens with one attached hydrogen (secondary N) is 2. The second kappa shape index (κ2) is 8.11. The van der Waals surface area contributed by atoms with Gasteiger partial charge in [-0.2, -0.15) is 5.10 Å². The largest absolute Gasteiger partial charge is 0.376 e. The number of hydrogen-bond donors (Lipinski definition) is 2. The third-order valence-electron chi connectivity index (χ3n) is 4.16. The SMILES string of the molecule is CC(C)CO[C@@H]1CCN(C(=O)NCc2cccc(-c3ncn[nH]3)c2)C1. The zero-order valence-corrected chi connectivity index (χ0v) is 14.7. The Hall–Kier alpha value is -2.41. The zero-order chi connectivity index (χ0) is 17.6.